The number of ketones is 1. The highest BCUT2D eigenvalue weighted by Gasteiger charge is 2.33. The van der Waals surface area contributed by atoms with Crippen LogP contribution in [0.1, 0.15) is 33.1 Å². The normalized spacial score (nSPS) is 19.6. The lowest BCUT2D eigenvalue weighted by Gasteiger charge is -2.24. The smallest absolute Gasteiger partial charge is 0.223 e. The lowest BCUT2D eigenvalue weighted by molar-refractivity contribution is -0.137. The summed E-state index contributed by atoms with van der Waals surface area (Å²) in [5.74, 6) is 0.557. The fourth-order valence-corrected chi connectivity index (χ4v) is 2.30. The Bertz CT molecular complexity index is 292. The van der Waals surface area contributed by atoms with Gasteiger partial charge in [0, 0.05) is 26.1 Å². The maximum atomic E-state index is 12.0. The van der Waals surface area contributed by atoms with E-state index in [4.69, 9.17) is 5.73 Å². The van der Waals surface area contributed by atoms with Gasteiger partial charge in [-0.3, -0.25) is 9.59 Å². The van der Waals surface area contributed by atoms with E-state index in [1.807, 2.05) is 13.8 Å². The number of carbonyl (C=O) groups excluding carboxylic acids is 2. The number of rotatable bonds is 7. The molecule has 0 saturated carbocycles. The summed E-state index contributed by atoms with van der Waals surface area (Å²) in [5.41, 5.74) is 5.36. The van der Waals surface area contributed by atoms with E-state index in [0.717, 1.165) is 19.4 Å². The first-order valence-corrected chi connectivity index (χ1v) is 6.79. The molecule has 1 aliphatic rings. The van der Waals surface area contributed by atoms with Crippen molar-refractivity contribution in [1.29, 1.82) is 0 Å². The molecule has 0 spiro atoms. The summed E-state index contributed by atoms with van der Waals surface area (Å²) >= 11 is 0. The van der Waals surface area contributed by atoms with E-state index in [0.29, 0.717) is 32.0 Å². The highest BCUT2D eigenvalue weighted by Crippen LogP contribution is 2.20. The van der Waals surface area contributed by atoms with Gasteiger partial charge in [0.25, 0.3) is 0 Å². The third kappa shape index (κ3) is 4.38. The van der Waals surface area contributed by atoms with Gasteiger partial charge in [-0.05, 0) is 18.8 Å². The van der Waals surface area contributed by atoms with Crippen LogP contribution < -0.4 is 11.1 Å². The third-order valence-electron chi connectivity index (χ3n) is 3.15. The summed E-state index contributed by atoms with van der Waals surface area (Å²) < 4.78 is 0. The number of likely N-dealkylation sites (tertiary alicyclic amines) is 1. The molecule has 1 unspecified atom stereocenters. The quantitative estimate of drug-likeness (QED) is 0.635. The second-order valence-electron chi connectivity index (χ2n) is 5.27. The molecule has 104 valence electrons. The molecule has 1 heterocycles. The van der Waals surface area contributed by atoms with Gasteiger partial charge >= 0.3 is 0 Å². The Morgan fingerprint density at radius 2 is 2.17 bits per heavy atom. The van der Waals surface area contributed by atoms with E-state index < -0.39 is 0 Å². The molecule has 0 bridgehead atoms. The molecular formula is C13H25N3O2. The standard InChI is InChI=1S/C13H25N3O2/c1-10(2)8-13(18)16-7-3-4-11(16)12(17)9-15-6-5-14/h10-11,15H,3-9,14H2,1-2H3. The lowest BCUT2D eigenvalue weighted by Crippen LogP contribution is -2.44. The first kappa shape index (κ1) is 15.1. The molecule has 0 radical (unpaired) electrons. The number of amides is 1. The molecular weight excluding hydrogens is 230 g/mol. The van der Waals surface area contributed by atoms with Gasteiger partial charge in [0.2, 0.25) is 5.91 Å². The molecule has 1 aliphatic heterocycles. The molecule has 5 heteroatoms. The molecule has 0 aliphatic carbocycles. The molecule has 1 atom stereocenters. The molecule has 1 fully saturated rings. The minimum absolute atomic E-state index is 0.109. The largest absolute Gasteiger partial charge is 0.333 e. The van der Waals surface area contributed by atoms with Gasteiger partial charge in [-0.25, -0.2) is 0 Å². The van der Waals surface area contributed by atoms with Crippen LogP contribution in [0.4, 0.5) is 0 Å². The number of nitrogens with two attached hydrogens (primary N) is 1. The molecule has 1 saturated heterocycles. The van der Waals surface area contributed by atoms with E-state index in [1.54, 1.807) is 4.90 Å². The SMILES string of the molecule is CC(C)CC(=O)N1CCCC1C(=O)CNCCN. The Kier molecular flexibility index (Phi) is 6.29. The van der Waals surface area contributed by atoms with Gasteiger partial charge in [0.15, 0.2) is 5.78 Å². The summed E-state index contributed by atoms with van der Waals surface area (Å²) in [6.45, 7) is 6.24. The van der Waals surface area contributed by atoms with E-state index in [-0.39, 0.29) is 17.7 Å². The molecule has 18 heavy (non-hydrogen) atoms. The topological polar surface area (TPSA) is 75.4 Å². The predicted octanol–water partition coefficient (Wildman–Crippen LogP) is 0.141. The van der Waals surface area contributed by atoms with Gasteiger partial charge in [0.1, 0.15) is 0 Å². The van der Waals surface area contributed by atoms with Crippen molar-refractivity contribution in [3.05, 3.63) is 0 Å². The van der Waals surface area contributed by atoms with Gasteiger partial charge in [0.05, 0.1) is 12.6 Å². The van der Waals surface area contributed by atoms with Crippen LogP contribution in [0, 0.1) is 5.92 Å². The zero-order chi connectivity index (χ0) is 13.5. The molecule has 3 N–H and O–H groups in total. The van der Waals surface area contributed by atoms with Crippen LogP contribution in [0.3, 0.4) is 0 Å². The van der Waals surface area contributed by atoms with Crippen molar-refractivity contribution in [1.82, 2.24) is 10.2 Å². The van der Waals surface area contributed by atoms with Crippen molar-refractivity contribution >= 4 is 11.7 Å². The fraction of sp³-hybridized carbons (Fsp3) is 0.846. The Balaban J connectivity index is 2.48. The zero-order valence-electron chi connectivity index (χ0n) is 11.4. The monoisotopic (exact) mass is 255 g/mol. The summed E-state index contributed by atoms with van der Waals surface area (Å²) in [6.07, 6.45) is 2.25. The minimum Gasteiger partial charge on any atom is -0.333 e. The van der Waals surface area contributed by atoms with E-state index in [1.165, 1.54) is 0 Å². The van der Waals surface area contributed by atoms with Crippen LogP contribution in [0.15, 0.2) is 0 Å². The van der Waals surface area contributed by atoms with Crippen molar-refractivity contribution in [2.75, 3.05) is 26.2 Å². The average Bonchev–Trinajstić information content (AvgIpc) is 2.77. The van der Waals surface area contributed by atoms with Crippen LogP contribution in [-0.2, 0) is 9.59 Å². The Morgan fingerprint density at radius 3 is 2.78 bits per heavy atom. The number of hydrogen-bond donors (Lipinski definition) is 2. The summed E-state index contributed by atoms with van der Waals surface area (Å²) in [4.78, 5) is 25.8. The van der Waals surface area contributed by atoms with Crippen molar-refractivity contribution in [2.24, 2.45) is 11.7 Å². The molecule has 1 amide bonds. The molecule has 1 rings (SSSR count). The second kappa shape index (κ2) is 7.48. The maximum Gasteiger partial charge on any atom is 0.223 e. The molecule has 0 aromatic heterocycles. The van der Waals surface area contributed by atoms with Gasteiger partial charge in [-0.2, -0.15) is 0 Å². The number of nitrogens with one attached hydrogen (secondary N) is 1. The third-order valence-corrected chi connectivity index (χ3v) is 3.15. The average molecular weight is 255 g/mol. The van der Waals surface area contributed by atoms with Crippen molar-refractivity contribution in [3.8, 4) is 0 Å². The summed E-state index contributed by atoms with van der Waals surface area (Å²) in [6, 6.07) is -0.221. The Hall–Kier alpha value is -0.940. The number of Topliss-reactive ketones (excluding diaryl/α,β-unsaturated/α-hetero) is 1. The van der Waals surface area contributed by atoms with Gasteiger partial charge in [-0.1, -0.05) is 13.8 Å². The van der Waals surface area contributed by atoms with E-state index >= 15 is 0 Å². The first-order valence-electron chi connectivity index (χ1n) is 6.79. The Labute approximate surface area is 109 Å². The van der Waals surface area contributed by atoms with Crippen LogP contribution in [0.2, 0.25) is 0 Å². The number of hydrogen-bond acceptors (Lipinski definition) is 4. The molecule has 0 aromatic rings. The van der Waals surface area contributed by atoms with Crippen LogP contribution >= 0.6 is 0 Å². The van der Waals surface area contributed by atoms with E-state index in [9.17, 15) is 9.59 Å². The molecule has 5 nitrogen and oxygen atoms in total. The fourth-order valence-electron chi connectivity index (χ4n) is 2.30. The Morgan fingerprint density at radius 1 is 1.44 bits per heavy atom. The highest BCUT2D eigenvalue weighted by atomic mass is 16.2. The number of nitrogens with zero attached hydrogens (tertiary/aromatic N) is 1. The highest BCUT2D eigenvalue weighted by molar-refractivity contribution is 5.90. The van der Waals surface area contributed by atoms with Crippen molar-refractivity contribution in [3.63, 3.8) is 0 Å². The van der Waals surface area contributed by atoms with Crippen LogP contribution in [0.5, 0.6) is 0 Å². The predicted molar refractivity (Wildman–Crippen MR) is 71.1 cm³/mol. The minimum atomic E-state index is -0.221. The summed E-state index contributed by atoms with van der Waals surface area (Å²) in [7, 11) is 0. The summed E-state index contributed by atoms with van der Waals surface area (Å²) in [5, 5.41) is 3.00. The number of carbonyl (C=O) groups is 2. The van der Waals surface area contributed by atoms with Crippen molar-refractivity contribution in [2.45, 2.75) is 39.2 Å². The zero-order valence-corrected chi connectivity index (χ0v) is 11.4. The van der Waals surface area contributed by atoms with Crippen molar-refractivity contribution < 1.29 is 9.59 Å². The van der Waals surface area contributed by atoms with Crippen LogP contribution in [-0.4, -0.2) is 48.8 Å². The van der Waals surface area contributed by atoms with Crippen LogP contribution in [0.25, 0.3) is 0 Å². The second-order valence-corrected chi connectivity index (χ2v) is 5.27. The van der Waals surface area contributed by atoms with Gasteiger partial charge in [-0.15, -0.1) is 0 Å². The maximum absolute atomic E-state index is 12.0. The molecule has 0 aromatic carbocycles. The first-order chi connectivity index (χ1) is 8.56. The van der Waals surface area contributed by atoms with Gasteiger partial charge < -0.3 is 16.0 Å². The lowest BCUT2D eigenvalue weighted by atomic mass is 10.1. The van der Waals surface area contributed by atoms with E-state index in [2.05, 4.69) is 5.32 Å².